The first-order chi connectivity index (χ1) is 9.61. The predicted molar refractivity (Wildman–Crippen MR) is 86.5 cm³/mol. The molecule has 1 atom stereocenters. The normalized spacial score (nSPS) is 12.9. The fourth-order valence-electron chi connectivity index (χ4n) is 2.03. The molecule has 0 heterocycles. The number of likely N-dealkylation sites (N-methyl/N-ethyl adjacent to an activating group) is 1. The van der Waals surface area contributed by atoms with Crippen LogP contribution in [0.25, 0.3) is 0 Å². The summed E-state index contributed by atoms with van der Waals surface area (Å²) in [4.78, 5) is 13.8. The van der Waals surface area contributed by atoms with Crippen LogP contribution in [0.2, 0.25) is 0 Å². The maximum Gasteiger partial charge on any atom is 0.239 e. The molecule has 118 valence electrons. The van der Waals surface area contributed by atoms with Gasteiger partial charge in [-0.05, 0) is 42.5 Å². The summed E-state index contributed by atoms with van der Waals surface area (Å²) in [5, 5.41) is 0. The lowest BCUT2D eigenvalue weighted by Crippen LogP contribution is -2.49. The van der Waals surface area contributed by atoms with Crippen molar-refractivity contribution in [3.8, 4) is 5.75 Å². The van der Waals surface area contributed by atoms with E-state index in [2.05, 4.69) is 6.07 Å². The van der Waals surface area contributed by atoms with Gasteiger partial charge in [-0.1, -0.05) is 26.8 Å². The molecular formula is C17H28N2O2. The van der Waals surface area contributed by atoms with Crippen LogP contribution in [-0.4, -0.2) is 37.0 Å². The van der Waals surface area contributed by atoms with Gasteiger partial charge in [-0.2, -0.15) is 0 Å². The van der Waals surface area contributed by atoms with Crippen LogP contribution in [0.4, 0.5) is 0 Å². The van der Waals surface area contributed by atoms with Gasteiger partial charge in [0.25, 0.3) is 0 Å². The Hall–Kier alpha value is -1.55. The zero-order valence-electron chi connectivity index (χ0n) is 14.1. The molecule has 0 bridgehead atoms. The Bertz CT molecular complexity index is 472. The lowest BCUT2D eigenvalue weighted by Gasteiger charge is -2.30. The summed E-state index contributed by atoms with van der Waals surface area (Å²) in [6.45, 7) is 11.0. The molecule has 0 fully saturated rings. The van der Waals surface area contributed by atoms with E-state index in [4.69, 9.17) is 10.5 Å². The highest BCUT2D eigenvalue weighted by Gasteiger charge is 2.29. The molecule has 1 amide bonds. The molecule has 1 aromatic carbocycles. The Morgan fingerprint density at radius 1 is 1.24 bits per heavy atom. The van der Waals surface area contributed by atoms with E-state index in [0.717, 1.165) is 5.75 Å². The lowest BCUT2D eigenvalue weighted by atomic mass is 9.86. The first-order valence-corrected chi connectivity index (χ1v) is 7.33. The molecule has 0 spiro atoms. The van der Waals surface area contributed by atoms with Crippen LogP contribution < -0.4 is 10.5 Å². The number of aryl methyl sites for hydroxylation is 2. The third-order valence-corrected chi connectivity index (χ3v) is 3.47. The van der Waals surface area contributed by atoms with Crippen molar-refractivity contribution >= 4 is 5.91 Å². The predicted octanol–water partition coefficient (Wildman–Crippen LogP) is 2.51. The molecule has 0 aliphatic rings. The number of carbonyl (C=O) groups excluding carboxylic acids is 1. The Morgan fingerprint density at radius 3 is 2.24 bits per heavy atom. The molecule has 0 radical (unpaired) electrons. The van der Waals surface area contributed by atoms with E-state index in [9.17, 15) is 4.79 Å². The van der Waals surface area contributed by atoms with Crippen LogP contribution in [0.5, 0.6) is 5.75 Å². The molecule has 0 aliphatic carbocycles. The van der Waals surface area contributed by atoms with Crippen molar-refractivity contribution in [3.63, 3.8) is 0 Å². The average molecular weight is 292 g/mol. The monoisotopic (exact) mass is 292 g/mol. The van der Waals surface area contributed by atoms with E-state index in [0.29, 0.717) is 13.2 Å². The maximum atomic E-state index is 12.2. The Labute approximate surface area is 128 Å². The van der Waals surface area contributed by atoms with Gasteiger partial charge >= 0.3 is 0 Å². The fourth-order valence-corrected chi connectivity index (χ4v) is 2.03. The van der Waals surface area contributed by atoms with Crippen molar-refractivity contribution in [2.45, 2.75) is 40.7 Å². The van der Waals surface area contributed by atoms with Crippen molar-refractivity contribution < 1.29 is 9.53 Å². The van der Waals surface area contributed by atoms with Crippen molar-refractivity contribution in [3.05, 3.63) is 29.3 Å². The molecule has 0 aromatic heterocycles. The standard InChI is InChI=1S/C17H28N2O2/c1-12-9-13(2)11-14(10-12)21-8-7-19(6)16(20)15(18)17(3,4)5/h9-11,15H,7-8,18H2,1-6H3/t15-/m1/s1. The number of ether oxygens (including phenoxy) is 1. The molecule has 1 rings (SSSR count). The summed E-state index contributed by atoms with van der Waals surface area (Å²) < 4.78 is 5.72. The van der Waals surface area contributed by atoms with E-state index in [1.54, 1.807) is 11.9 Å². The highest BCUT2D eigenvalue weighted by molar-refractivity contribution is 5.82. The second-order valence-electron chi connectivity index (χ2n) is 6.78. The SMILES string of the molecule is Cc1cc(C)cc(OCCN(C)C(=O)[C@@H](N)C(C)(C)C)c1. The van der Waals surface area contributed by atoms with Gasteiger partial charge in [0.15, 0.2) is 0 Å². The number of hydrogen-bond donors (Lipinski definition) is 1. The molecule has 0 unspecified atom stereocenters. The summed E-state index contributed by atoms with van der Waals surface area (Å²) in [6.07, 6.45) is 0. The summed E-state index contributed by atoms with van der Waals surface area (Å²) in [5.41, 5.74) is 8.09. The van der Waals surface area contributed by atoms with Gasteiger partial charge in [-0.3, -0.25) is 4.79 Å². The zero-order chi connectivity index (χ0) is 16.2. The molecule has 0 saturated carbocycles. The van der Waals surface area contributed by atoms with E-state index >= 15 is 0 Å². The number of rotatable bonds is 5. The molecule has 0 aliphatic heterocycles. The minimum Gasteiger partial charge on any atom is -0.492 e. The number of benzene rings is 1. The van der Waals surface area contributed by atoms with Crippen LogP contribution >= 0.6 is 0 Å². The van der Waals surface area contributed by atoms with Gasteiger partial charge < -0.3 is 15.4 Å². The third-order valence-electron chi connectivity index (χ3n) is 3.47. The summed E-state index contributed by atoms with van der Waals surface area (Å²) in [7, 11) is 1.76. The van der Waals surface area contributed by atoms with Gasteiger partial charge in [0.2, 0.25) is 5.91 Å². The van der Waals surface area contributed by atoms with Gasteiger partial charge in [0, 0.05) is 7.05 Å². The number of amides is 1. The second-order valence-corrected chi connectivity index (χ2v) is 6.78. The van der Waals surface area contributed by atoms with Crippen molar-refractivity contribution in [2.75, 3.05) is 20.2 Å². The van der Waals surface area contributed by atoms with Crippen LogP contribution in [0.15, 0.2) is 18.2 Å². The molecular weight excluding hydrogens is 264 g/mol. The Kier molecular flexibility index (Phi) is 5.78. The lowest BCUT2D eigenvalue weighted by molar-refractivity contribution is -0.133. The van der Waals surface area contributed by atoms with Crippen LogP contribution in [0.3, 0.4) is 0 Å². The highest BCUT2D eigenvalue weighted by Crippen LogP contribution is 2.19. The molecule has 4 nitrogen and oxygen atoms in total. The largest absolute Gasteiger partial charge is 0.492 e. The number of nitrogens with two attached hydrogens (primary N) is 1. The summed E-state index contributed by atoms with van der Waals surface area (Å²) >= 11 is 0. The van der Waals surface area contributed by atoms with Crippen molar-refractivity contribution in [2.24, 2.45) is 11.1 Å². The van der Waals surface area contributed by atoms with Crippen molar-refractivity contribution in [1.82, 2.24) is 4.90 Å². The number of carbonyl (C=O) groups is 1. The Morgan fingerprint density at radius 2 is 1.76 bits per heavy atom. The van der Waals surface area contributed by atoms with E-state index < -0.39 is 6.04 Å². The minimum atomic E-state index is -0.497. The number of nitrogens with zero attached hydrogens (tertiary/aromatic N) is 1. The highest BCUT2D eigenvalue weighted by atomic mass is 16.5. The first-order valence-electron chi connectivity index (χ1n) is 7.33. The van der Waals surface area contributed by atoms with Crippen LogP contribution in [-0.2, 0) is 4.79 Å². The fraction of sp³-hybridized carbons (Fsp3) is 0.588. The quantitative estimate of drug-likeness (QED) is 0.907. The Balaban J connectivity index is 2.50. The molecule has 21 heavy (non-hydrogen) atoms. The molecule has 1 aromatic rings. The maximum absolute atomic E-state index is 12.2. The average Bonchev–Trinajstić information content (AvgIpc) is 2.34. The van der Waals surface area contributed by atoms with E-state index in [1.165, 1.54) is 11.1 Å². The second kappa shape index (κ2) is 6.94. The smallest absolute Gasteiger partial charge is 0.239 e. The van der Waals surface area contributed by atoms with Gasteiger partial charge in [-0.25, -0.2) is 0 Å². The van der Waals surface area contributed by atoms with Crippen LogP contribution in [0, 0.1) is 19.3 Å². The third kappa shape index (κ3) is 5.38. The minimum absolute atomic E-state index is 0.0495. The molecule has 0 saturated heterocycles. The van der Waals surface area contributed by atoms with Gasteiger partial charge in [0.05, 0.1) is 12.6 Å². The zero-order valence-corrected chi connectivity index (χ0v) is 14.1. The summed E-state index contributed by atoms with van der Waals surface area (Å²) in [6, 6.07) is 5.60. The molecule has 4 heteroatoms. The van der Waals surface area contributed by atoms with Gasteiger partial charge in [0.1, 0.15) is 12.4 Å². The topological polar surface area (TPSA) is 55.6 Å². The summed E-state index contributed by atoms with van der Waals surface area (Å²) in [5.74, 6) is 0.792. The first kappa shape index (κ1) is 17.5. The van der Waals surface area contributed by atoms with Gasteiger partial charge in [-0.15, -0.1) is 0 Å². The van der Waals surface area contributed by atoms with Crippen molar-refractivity contribution in [1.29, 1.82) is 0 Å². The number of hydrogen-bond acceptors (Lipinski definition) is 3. The van der Waals surface area contributed by atoms with Crippen LogP contribution in [0.1, 0.15) is 31.9 Å². The van der Waals surface area contributed by atoms with E-state index in [-0.39, 0.29) is 11.3 Å². The molecule has 2 N–H and O–H groups in total. The van der Waals surface area contributed by atoms with E-state index in [1.807, 2.05) is 46.8 Å².